The molecule has 2 heterocycles. The van der Waals surface area contributed by atoms with Gasteiger partial charge in [-0.1, -0.05) is 18.2 Å². The standard InChI is InChI=1S/C22H24N2O3/c1-2-24-21(26)16-8-6-15(7-9-16)17-14-22(10-12-23-13-11-22)27-19-5-3-4-18(25)20(17)19/h3-9,14,23,25H,2,10-13H2,1H3,(H,24,26). The molecule has 0 aromatic heterocycles. The van der Waals surface area contributed by atoms with Gasteiger partial charge in [0.2, 0.25) is 0 Å². The van der Waals surface area contributed by atoms with Crippen LogP contribution in [0.2, 0.25) is 0 Å². The first kappa shape index (κ1) is 17.6. The van der Waals surface area contributed by atoms with E-state index in [0.717, 1.165) is 37.1 Å². The lowest BCUT2D eigenvalue weighted by atomic mass is 9.83. The van der Waals surface area contributed by atoms with Crippen LogP contribution in [0.3, 0.4) is 0 Å². The predicted molar refractivity (Wildman–Crippen MR) is 105 cm³/mol. The van der Waals surface area contributed by atoms with Crippen molar-refractivity contribution in [3.63, 3.8) is 0 Å². The quantitative estimate of drug-likeness (QED) is 0.783. The highest BCUT2D eigenvalue weighted by Gasteiger charge is 2.37. The number of fused-ring (bicyclic) bond motifs is 1. The average Bonchev–Trinajstić information content (AvgIpc) is 2.68. The van der Waals surface area contributed by atoms with E-state index in [2.05, 4.69) is 16.7 Å². The number of phenolic OH excluding ortho intramolecular Hbond substituents is 1. The Morgan fingerprint density at radius 1 is 1.19 bits per heavy atom. The number of piperidine rings is 1. The molecule has 1 spiro atoms. The molecule has 0 unspecified atom stereocenters. The smallest absolute Gasteiger partial charge is 0.251 e. The summed E-state index contributed by atoms with van der Waals surface area (Å²) in [5.74, 6) is 0.834. The molecule has 0 saturated carbocycles. The maximum Gasteiger partial charge on any atom is 0.251 e. The van der Waals surface area contributed by atoms with E-state index in [0.29, 0.717) is 23.4 Å². The molecule has 0 radical (unpaired) electrons. The number of carbonyl (C=O) groups excluding carboxylic acids is 1. The van der Waals surface area contributed by atoms with Crippen LogP contribution < -0.4 is 15.4 Å². The Balaban J connectivity index is 1.77. The van der Waals surface area contributed by atoms with Crippen LogP contribution in [0.25, 0.3) is 5.57 Å². The van der Waals surface area contributed by atoms with Gasteiger partial charge in [0.25, 0.3) is 5.91 Å². The molecule has 5 heteroatoms. The van der Waals surface area contributed by atoms with Crippen LogP contribution in [0.5, 0.6) is 11.5 Å². The number of carbonyl (C=O) groups is 1. The zero-order valence-corrected chi connectivity index (χ0v) is 15.4. The molecule has 140 valence electrons. The number of rotatable bonds is 3. The Kier molecular flexibility index (Phi) is 4.62. The van der Waals surface area contributed by atoms with Crippen LogP contribution >= 0.6 is 0 Å². The van der Waals surface area contributed by atoms with Crippen LogP contribution in [-0.2, 0) is 0 Å². The molecule has 0 aliphatic carbocycles. The maximum atomic E-state index is 12.0. The van der Waals surface area contributed by atoms with Gasteiger partial charge in [-0.2, -0.15) is 0 Å². The first-order chi connectivity index (χ1) is 13.1. The van der Waals surface area contributed by atoms with Crippen molar-refractivity contribution >= 4 is 11.5 Å². The largest absolute Gasteiger partial charge is 0.507 e. The topological polar surface area (TPSA) is 70.6 Å². The van der Waals surface area contributed by atoms with Gasteiger partial charge in [-0.15, -0.1) is 0 Å². The summed E-state index contributed by atoms with van der Waals surface area (Å²) in [5, 5.41) is 16.7. The number of benzene rings is 2. The Bertz CT molecular complexity index is 881. The van der Waals surface area contributed by atoms with Gasteiger partial charge in [0.1, 0.15) is 17.1 Å². The molecule has 3 N–H and O–H groups in total. The van der Waals surface area contributed by atoms with Crippen LogP contribution in [0, 0.1) is 0 Å². The van der Waals surface area contributed by atoms with Gasteiger partial charge in [-0.05, 0) is 61.5 Å². The number of hydrogen-bond donors (Lipinski definition) is 3. The number of ether oxygens (including phenoxy) is 1. The van der Waals surface area contributed by atoms with Crippen molar-refractivity contribution in [2.24, 2.45) is 0 Å². The molecule has 2 aliphatic rings. The molecule has 1 fully saturated rings. The Labute approximate surface area is 159 Å². The summed E-state index contributed by atoms with van der Waals surface area (Å²) in [5.41, 5.74) is 2.90. The van der Waals surface area contributed by atoms with Crippen LogP contribution in [0.15, 0.2) is 48.5 Å². The molecular formula is C22H24N2O3. The first-order valence-electron chi connectivity index (χ1n) is 9.45. The lowest BCUT2D eigenvalue weighted by Gasteiger charge is -2.40. The van der Waals surface area contributed by atoms with Crippen LogP contribution in [-0.4, -0.2) is 36.2 Å². The van der Waals surface area contributed by atoms with E-state index in [4.69, 9.17) is 4.74 Å². The molecule has 1 amide bonds. The van der Waals surface area contributed by atoms with Gasteiger partial charge >= 0.3 is 0 Å². The molecule has 2 aromatic rings. The van der Waals surface area contributed by atoms with E-state index >= 15 is 0 Å². The second kappa shape index (κ2) is 7.08. The molecule has 2 aliphatic heterocycles. The van der Waals surface area contributed by atoms with Gasteiger partial charge in [0.05, 0.1) is 5.56 Å². The molecule has 2 aromatic carbocycles. The monoisotopic (exact) mass is 364 g/mol. The fourth-order valence-electron chi connectivity index (χ4n) is 3.85. The van der Waals surface area contributed by atoms with Gasteiger partial charge < -0.3 is 20.5 Å². The van der Waals surface area contributed by atoms with Crippen molar-refractivity contribution in [3.8, 4) is 11.5 Å². The Morgan fingerprint density at radius 2 is 1.93 bits per heavy atom. The molecular weight excluding hydrogens is 340 g/mol. The fourth-order valence-corrected chi connectivity index (χ4v) is 3.85. The number of nitrogens with one attached hydrogen (secondary N) is 2. The summed E-state index contributed by atoms with van der Waals surface area (Å²) >= 11 is 0. The fraction of sp³-hybridized carbons (Fsp3) is 0.318. The van der Waals surface area contributed by atoms with Crippen molar-refractivity contribution in [1.82, 2.24) is 10.6 Å². The minimum Gasteiger partial charge on any atom is -0.507 e. The first-order valence-corrected chi connectivity index (χ1v) is 9.45. The Morgan fingerprint density at radius 3 is 2.63 bits per heavy atom. The average molecular weight is 364 g/mol. The normalized spacial score (nSPS) is 17.6. The van der Waals surface area contributed by atoms with Crippen molar-refractivity contribution < 1.29 is 14.6 Å². The highest BCUT2D eigenvalue weighted by molar-refractivity contribution is 5.95. The molecule has 1 saturated heterocycles. The van der Waals surface area contributed by atoms with E-state index in [9.17, 15) is 9.90 Å². The number of amides is 1. The molecule has 0 bridgehead atoms. The third kappa shape index (κ3) is 3.30. The second-order valence-electron chi connectivity index (χ2n) is 7.06. The number of phenols is 1. The molecule has 0 atom stereocenters. The number of hydrogen-bond acceptors (Lipinski definition) is 4. The van der Waals surface area contributed by atoms with E-state index in [1.54, 1.807) is 6.07 Å². The summed E-state index contributed by atoms with van der Waals surface area (Å²) < 4.78 is 6.35. The predicted octanol–water partition coefficient (Wildman–Crippen LogP) is 3.09. The second-order valence-corrected chi connectivity index (χ2v) is 7.06. The summed E-state index contributed by atoms with van der Waals surface area (Å²) in [4.78, 5) is 12.0. The lowest BCUT2D eigenvalue weighted by Crippen LogP contribution is -2.46. The summed E-state index contributed by atoms with van der Waals surface area (Å²) in [7, 11) is 0. The van der Waals surface area contributed by atoms with Gasteiger partial charge in [0, 0.05) is 24.9 Å². The van der Waals surface area contributed by atoms with Crippen LogP contribution in [0.4, 0.5) is 0 Å². The minimum absolute atomic E-state index is 0.0805. The molecule has 5 nitrogen and oxygen atoms in total. The van der Waals surface area contributed by atoms with Crippen molar-refractivity contribution in [3.05, 3.63) is 65.2 Å². The summed E-state index contributed by atoms with van der Waals surface area (Å²) in [6, 6.07) is 12.9. The van der Waals surface area contributed by atoms with Crippen molar-refractivity contribution in [2.75, 3.05) is 19.6 Å². The molecule has 27 heavy (non-hydrogen) atoms. The van der Waals surface area contributed by atoms with Crippen LogP contribution in [0.1, 0.15) is 41.3 Å². The number of aromatic hydroxyl groups is 1. The highest BCUT2D eigenvalue weighted by Crippen LogP contribution is 2.46. The summed E-state index contributed by atoms with van der Waals surface area (Å²) in [6.07, 6.45) is 3.90. The summed E-state index contributed by atoms with van der Waals surface area (Å²) in [6.45, 7) is 4.29. The minimum atomic E-state index is -0.361. The third-order valence-electron chi connectivity index (χ3n) is 5.24. The van der Waals surface area contributed by atoms with Crippen molar-refractivity contribution in [1.29, 1.82) is 0 Å². The van der Waals surface area contributed by atoms with Crippen molar-refractivity contribution in [2.45, 2.75) is 25.4 Å². The Hall–Kier alpha value is -2.79. The maximum absolute atomic E-state index is 12.0. The van der Waals surface area contributed by atoms with E-state index < -0.39 is 0 Å². The SMILES string of the molecule is CCNC(=O)c1ccc(C2=CC3(CCNCC3)Oc3cccc(O)c32)cc1. The molecule has 4 rings (SSSR count). The highest BCUT2D eigenvalue weighted by atomic mass is 16.5. The van der Waals surface area contributed by atoms with Gasteiger partial charge in [-0.3, -0.25) is 4.79 Å². The lowest BCUT2D eigenvalue weighted by molar-refractivity contribution is 0.0813. The van der Waals surface area contributed by atoms with E-state index in [1.165, 1.54) is 0 Å². The van der Waals surface area contributed by atoms with E-state index in [1.807, 2.05) is 43.3 Å². The van der Waals surface area contributed by atoms with E-state index in [-0.39, 0.29) is 17.3 Å². The zero-order valence-electron chi connectivity index (χ0n) is 15.4. The third-order valence-corrected chi connectivity index (χ3v) is 5.24. The van der Waals surface area contributed by atoms with Gasteiger partial charge in [-0.25, -0.2) is 0 Å². The zero-order chi connectivity index (χ0) is 18.9. The van der Waals surface area contributed by atoms with Gasteiger partial charge in [0.15, 0.2) is 0 Å².